The van der Waals surface area contributed by atoms with Crippen LogP contribution < -0.4 is 5.73 Å². The molecule has 1 aliphatic carbocycles. The van der Waals surface area contributed by atoms with Crippen LogP contribution in [0.15, 0.2) is 18.2 Å². The van der Waals surface area contributed by atoms with Gasteiger partial charge in [-0.25, -0.2) is 0 Å². The third kappa shape index (κ3) is 1.85. The highest BCUT2D eigenvalue weighted by Crippen LogP contribution is 2.54. The summed E-state index contributed by atoms with van der Waals surface area (Å²) in [4.78, 5) is 0. The number of ether oxygens (including phenoxy) is 1. The predicted octanol–water partition coefficient (Wildman–Crippen LogP) is 3.05. The molecule has 19 heavy (non-hydrogen) atoms. The molecule has 0 unspecified atom stereocenters. The van der Waals surface area contributed by atoms with Crippen molar-refractivity contribution >= 4 is 0 Å². The Morgan fingerprint density at radius 2 is 1.79 bits per heavy atom. The first kappa shape index (κ1) is 13.1. The first-order valence-electron chi connectivity index (χ1n) is 7.27. The molecule has 0 atom stereocenters. The number of hydrogen-bond donors (Lipinski definition) is 1. The molecule has 104 valence electrons. The average Bonchev–Trinajstić information content (AvgIpc) is 2.96. The van der Waals surface area contributed by atoms with Crippen molar-refractivity contribution in [2.24, 2.45) is 5.73 Å². The van der Waals surface area contributed by atoms with Gasteiger partial charge in [0, 0.05) is 5.54 Å². The summed E-state index contributed by atoms with van der Waals surface area (Å²) in [5.41, 5.74) is 11.0. The maximum Gasteiger partial charge on any atom is 0.0603 e. The van der Waals surface area contributed by atoms with Crippen LogP contribution in [0.1, 0.15) is 50.3 Å². The topological polar surface area (TPSA) is 35.2 Å². The molecule has 1 aromatic carbocycles. The summed E-state index contributed by atoms with van der Waals surface area (Å²) in [5, 5.41) is 0. The minimum atomic E-state index is -0.0146. The molecule has 1 saturated heterocycles. The predicted molar refractivity (Wildman–Crippen MR) is 78.5 cm³/mol. The molecule has 1 aromatic rings. The Morgan fingerprint density at radius 1 is 1.16 bits per heavy atom. The van der Waals surface area contributed by atoms with E-state index in [9.17, 15) is 0 Å². The minimum Gasteiger partial charge on any atom is -0.379 e. The van der Waals surface area contributed by atoms with Gasteiger partial charge in [0.15, 0.2) is 0 Å². The Kier molecular flexibility index (Phi) is 2.65. The molecule has 2 heteroatoms. The molecule has 1 heterocycles. The van der Waals surface area contributed by atoms with E-state index in [0.717, 1.165) is 26.1 Å². The van der Waals surface area contributed by atoms with Crippen molar-refractivity contribution < 1.29 is 4.74 Å². The van der Waals surface area contributed by atoms with Crippen molar-refractivity contribution in [1.29, 1.82) is 0 Å². The maximum absolute atomic E-state index is 6.53. The maximum atomic E-state index is 6.53. The van der Waals surface area contributed by atoms with E-state index < -0.39 is 0 Å². The Balaban J connectivity index is 2.02. The zero-order valence-corrected chi connectivity index (χ0v) is 12.5. The van der Waals surface area contributed by atoms with Crippen LogP contribution in [0.25, 0.3) is 0 Å². The second kappa shape index (κ2) is 3.83. The van der Waals surface area contributed by atoms with Crippen LogP contribution in [0.4, 0.5) is 0 Å². The van der Waals surface area contributed by atoms with Crippen molar-refractivity contribution in [2.45, 2.75) is 56.9 Å². The molecule has 2 N–H and O–H groups in total. The Morgan fingerprint density at radius 3 is 2.16 bits per heavy atom. The van der Waals surface area contributed by atoms with E-state index in [2.05, 4.69) is 45.9 Å². The first-order valence-corrected chi connectivity index (χ1v) is 7.27. The Hall–Kier alpha value is -0.860. The Bertz CT molecular complexity index is 504. The van der Waals surface area contributed by atoms with Gasteiger partial charge in [-0.15, -0.1) is 0 Å². The smallest absolute Gasteiger partial charge is 0.0603 e. The summed E-state index contributed by atoms with van der Waals surface area (Å²) in [6, 6.07) is 6.90. The van der Waals surface area contributed by atoms with Crippen molar-refractivity contribution in [1.82, 2.24) is 0 Å². The lowest BCUT2D eigenvalue weighted by molar-refractivity contribution is -0.0789. The van der Waals surface area contributed by atoms with Gasteiger partial charge in [0.2, 0.25) is 0 Å². The van der Waals surface area contributed by atoms with Crippen LogP contribution in [0.5, 0.6) is 0 Å². The summed E-state index contributed by atoms with van der Waals surface area (Å²) in [6.45, 7) is 10.6. The molecule has 0 aromatic heterocycles. The highest BCUT2D eigenvalue weighted by atomic mass is 16.5. The molecular formula is C17H25NO. The van der Waals surface area contributed by atoms with E-state index in [-0.39, 0.29) is 16.4 Å². The molecular weight excluding hydrogens is 234 g/mol. The molecule has 0 bridgehead atoms. The van der Waals surface area contributed by atoms with Crippen LogP contribution in [-0.4, -0.2) is 18.8 Å². The lowest BCUT2D eigenvalue weighted by atomic mass is 9.68. The van der Waals surface area contributed by atoms with Crippen LogP contribution in [0.2, 0.25) is 0 Å². The highest BCUT2D eigenvalue weighted by Gasteiger charge is 2.61. The van der Waals surface area contributed by atoms with Crippen LogP contribution in [0, 0.1) is 6.92 Å². The van der Waals surface area contributed by atoms with E-state index in [1.807, 2.05) is 0 Å². The average molecular weight is 259 g/mol. The number of nitrogens with two attached hydrogens (primary N) is 1. The van der Waals surface area contributed by atoms with Gasteiger partial charge in [-0.3, -0.25) is 0 Å². The van der Waals surface area contributed by atoms with Crippen LogP contribution >= 0.6 is 0 Å². The third-order valence-corrected chi connectivity index (χ3v) is 5.05. The number of hydrogen-bond acceptors (Lipinski definition) is 2. The van der Waals surface area contributed by atoms with E-state index in [1.54, 1.807) is 0 Å². The van der Waals surface area contributed by atoms with Crippen molar-refractivity contribution in [3.63, 3.8) is 0 Å². The van der Waals surface area contributed by atoms with Gasteiger partial charge in [0.25, 0.3) is 0 Å². The third-order valence-electron chi connectivity index (χ3n) is 5.05. The number of aryl methyl sites for hydroxylation is 1. The Labute approximate surface area is 116 Å². The highest BCUT2D eigenvalue weighted by molar-refractivity contribution is 5.45. The first-order chi connectivity index (χ1) is 8.79. The number of rotatable bonds is 2. The monoisotopic (exact) mass is 259 g/mol. The van der Waals surface area contributed by atoms with Crippen molar-refractivity contribution in [3.05, 3.63) is 34.9 Å². The van der Waals surface area contributed by atoms with Gasteiger partial charge in [-0.2, -0.15) is 0 Å². The molecule has 2 nitrogen and oxygen atoms in total. The molecule has 1 saturated carbocycles. The van der Waals surface area contributed by atoms with Gasteiger partial charge >= 0.3 is 0 Å². The molecule has 2 fully saturated rings. The van der Waals surface area contributed by atoms with Gasteiger partial charge in [-0.1, -0.05) is 39.0 Å². The summed E-state index contributed by atoms with van der Waals surface area (Å²) in [6.07, 6.45) is 2.27. The molecule has 2 aliphatic rings. The largest absolute Gasteiger partial charge is 0.379 e. The lowest BCUT2D eigenvalue weighted by Gasteiger charge is -2.48. The van der Waals surface area contributed by atoms with E-state index >= 15 is 0 Å². The molecule has 0 radical (unpaired) electrons. The standard InChI is InChI=1S/C17H25NO/c1-12-9-13(15(2,3)4)5-6-14(12)16(10-19-11-16)17(18)7-8-17/h5-6,9H,7-8,10-11,18H2,1-4H3. The molecule has 0 spiro atoms. The quantitative estimate of drug-likeness (QED) is 0.886. The zero-order chi connectivity index (χ0) is 13.9. The van der Waals surface area contributed by atoms with E-state index in [0.29, 0.717) is 0 Å². The lowest BCUT2D eigenvalue weighted by Crippen LogP contribution is -2.61. The SMILES string of the molecule is Cc1cc(C(C)(C)C)ccc1C1(C2(N)CC2)COC1. The fourth-order valence-corrected chi connectivity index (χ4v) is 3.30. The molecule has 0 amide bonds. The van der Waals surface area contributed by atoms with Gasteiger partial charge in [0.05, 0.1) is 18.6 Å². The molecule has 3 rings (SSSR count). The fourth-order valence-electron chi connectivity index (χ4n) is 3.30. The number of benzene rings is 1. The van der Waals surface area contributed by atoms with E-state index in [4.69, 9.17) is 10.5 Å². The van der Waals surface area contributed by atoms with Crippen LogP contribution in [-0.2, 0) is 15.6 Å². The van der Waals surface area contributed by atoms with E-state index in [1.165, 1.54) is 16.7 Å². The second-order valence-corrected chi connectivity index (χ2v) is 7.51. The summed E-state index contributed by atoms with van der Waals surface area (Å²) >= 11 is 0. The van der Waals surface area contributed by atoms with Crippen LogP contribution in [0.3, 0.4) is 0 Å². The zero-order valence-electron chi connectivity index (χ0n) is 12.5. The summed E-state index contributed by atoms with van der Waals surface area (Å²) < 4.78 is 5.53. The van der Waals surface area contributed by atoms with Gasteiger partial charge in [0.1, 0.15) is 0 Å². The minimum absolute atomic E-state index is 0.0146. The van der Waals surface area contributed by atoms with Gasteiger partial charge < -0.3 is 10.5 Å². The van der Waals surface area contributed by atoms with Crippen molar-refractivity contribution in [3.8, 4) is 0 Å². The summed E-state index contributed by atoms with van der Waals surface area (Å²) in [7, 11) is 0. The normalized spacial score (nSPS) is 23.8. The summed E-state index contributed by atoms with van der Waals surface area (Å²) in [5.74, 6) is 0. The second-order valence-electron chi connectivity index (χ2n) is 7.51. The molecule has 1 aliphatic heterocycles. The van der Waals surface area contributed by atoms with Gasteiger partial charge in [-0.05, 0) is 41.9 Å². The van der Waals surface area contributed by atoms with Crippen molar-refractivity contribution in [2.75, 3.05) is 13.2 Å². The fraction of sp³-hybridized carbons (Fsp3) is 0.647.